The second-order valence-corrected chi connectivity index (χ2v) is 10.1. The first-order valence-electron chi connectivity index (χ1n) is 9.95. The minimum Gasteiger partial charge on any atom is -0.370 e. The summed E-state index contributed by atoms with van der Waals surface area (Å²) in [4.78, 5) is 12.9. The molecule has 8 heteroatoms. The molecule has 0 aromatic heterocycles. The number of nitro groups is 1. The van der Waals surface area contributed by atoms with Gasteiger partial charge in [0.1, 0.15) is 4.90 Å². The average Bonchev–Trinajstić information content (AvgIpc) is 3.35. The van der Waals surface area contributed by atoms with E-state index in [0.29, 0.717) is 24.2 Å². The van der Waals surface area contributed by atoms with Crippen LogP contribution in [0.1, 0.15) is 51.4 Å². The molecule has 1 aliphatic carbocycles. The third-order valence-electron chi connectivity index (χ3n) is 6.67. The molecule has 0 radical (unpaired) electrons. The molecule has 2 saturated heterocycles. The Bertz CT molecular complexity index is 817. The first-order valence-corrected chi connectivity index (χ1v) is 11.4. The van der Waals surface area contributed by atoms with Crippen molar-refractivity contribution in [3.63, 3.8) is 0 Å². The van der Waals surface area contributed by atoms with Crippen LogP contribution in [0.2, 0.25) is 0 Å². The Labute approximate surface area is 160 Å². The van der Waals surface area contributed by atoms with Crippen LogP contribution in [0.5, 0.6) is 0 Å². The molecule has 1 aromatic rings. The smallest absolute Gasteiger partial charge is 0.270 e. The van der Waals surface area contributed by atoms with Gasteiger partial charge in [-0.15, -0.1) is 0 Å². The van der Waals surface area contributed by atoms with Crippen molar-refractivity contribution >= 4 is 21.4 Å². The van der Waals surface area contributed by atoms with Crippen LogP contribution in [-0.4, -0.2) is 43.8 Å². The lowest BCUT2D eigenvalue weighted by atomic mass is 9.77. The van der Waals surface area contributed by atoms with Gasteiger partial charge in [-0.25, -0.2) is 8.42 Å². The molecule has 3 fully saturated rings. The van der Waals surface area contributed by atoms with Gasteiger partial charge in [-0.3, -0.25) is 10.1 Å². The molecule has 4 rings (SSSR count). The minimum atomic E-state index is -3.72. The van der Waals surface area contributed by atoms with Crippen molar-refractivity contribution in [3.05, 3.63) is 28.3 Å². The molecule has 7 nitrogen and oxygen atoms in total. The van der Waals surface area contributed by atoms with E-state index in [2.05, 4.69) is 4.90 Å². The zero-order valence-electron chi connectivity index (χ0n) is 15.6. The lowest BCUT2D eigenvalue weighted by Gasteiger charge is -2.41. The maximum Gasteiger partial charge on any atom is 0.270 e. The Kier molecular flexibility index (Phi) is 4.88. The van der Waals surface area contributed by atoms with E-state index in [1.807, 2.05) is 0 Å². The van der Waals surface area contributed by atoms with Crippen molar-refractivity contribution in [1.82, 2.24) is 4.31 Å². The third kappa shape index (κ3) is 3.45. The molecule has 2 heterocycles. The summed E-state index contributed by atoms with van der Waals surface area (Å²) < 4.78 is 27.9. The predicted octanol–water partition coefficient (Wildman–Crippen LogP) is 3.54. The van der Waals surface area contributed by atoms with Gasteiger partial charge in [0.15, 0.2) is 0 Å². The van der Waals surface area contributed by atoms with Gasteiger partial charge in [0.05, 0.1) is 10.6 Å². The van der Waals surface area contributed by atoms with Crippen LogP contribution in [0.4, 0.5) is 11.4 Å². The fourth-order valence-corrected chi connectivity index (χ4v) is 6.75. The monoisotopic (exact) mass is 393 g/mol. The van der Waals surface area contributed by atoms with Crippen molar-refractivity contribution in [2.75, 3.05) is 31.1 Å². The van der Waals surface area contributed by atoms with Crippen LogP contribution < -0.4 is 4.90 Å². The zero-order chi connectivity index (χ0) is 19.1. The highest BCUT2D eigenvalue weighted by atomic mass is 32.2. The molecule has 0 amide bonds. The highest BCUT2D eigenvalue weighted by molar-refractivity contribution is 7.89. The number of hydrogen-bond donors (Lipinski definition) is 0. The van der Waals surface area contributed by atoms with Gasteiger partial charge in [0.2, 0.25) is 10.0 Å². The average molecular weight is 394 g/mol. The van der Waals surface area contributed by atoms with Crippen LogP contribution in [0.25, 0.3) is 0 Å². The van der Waals surface area contributed by atoms with Crippen LogP contribution >= 0.6 is 0 Å². The van der Waals surface area contributed by atoms with E-state index in [4.69, 9.17) is 0 Å². The maximum atomic E-state index is 13.2. The predicted molar refractivity (Wildman–Crippen MR) is 103 cm³/mol. The molecule has 2 aliphatic heterocycles. The number of non-ortho nitro benzene ring substituents is 1. The van der Waals surface area contributed by atoms with Gasteiger partial charge in [0.25, 0.3) is 5.69 Å². The summed E-state index contributed by atoms with van der Waals surface area (Å²) in [6, 6.07) is 4.31. The van der Waals surface area contributed by atoms with Gasteiger partial charge in [-0.1, -0.05) is 12.8 Å². The summed E-state index contributed by atoms with van der Waals surface area (Å²) in [5.41, 5.74) is 0.895. The summed E-state index contributed by atoms with van der Waals surface area (Å²) in [5, 5.41) is 11.2. The van der Waals surface area contributed by atoms with Crippen molar-refractivity contribution in [3.8, 4) is 0 Å². The molecular weight excluding hydrogens is 366 g/mol. The number of nitrogens with zero attached hydrogens (tertiary/aromatic N) is 3. The van der Waals surface area contributed by atoms with Gasteiger partial charge < -0.3 is 4.90 Å². The van der Waals surface area contributed by atoms with Crippen molar-refractivity contribution < 1.29 is 13.3 Å². The van der Waals surface area contributed by atoms with Gasteiger partial charge >= 0.3 is 0 Å². The van der Waals surface area contributed by atoms with E-state index in [0.717, 1.165) is 38.8 Å². The van der Waals surface area contributed by atoms with E-state index in [1.54, 1.807) is 6.07 Å². The van der Waals surface area contributed by atoms with Crippen molar-refractivity contribution in [2.45, 2.75) is 56.3 Å². The Balaban J connectivity index is 1.67. The summed E-state index contributed by atoms with van der Waals surface area (Å²) in [7, 11) is -3.72. The molecule has 0 unspecified atom stereocenters. The lowest BCUT2D eigenvalue weighted by Crippen LogP contribution is -2.40. The number of hydrogen-bond acceptors (Lipinski definition) is 5. The fraction of sp³-hybridized carbons (Fsp3) is 0.684. The van der Waals surface area contributed by atoms with E-state index in [1.165, 1.54) is 42.1 Å². The summed E-state index contributed by atoms with van der Waals surface area (Å²) in [5.74, 6) is 0. The molecule has 1 spiro atoms. The van der Waals surface area contributed by atoms with Crippen LogP contribution in [0.3, 0.4) is 0 Å². The van der Waals surface area contributed by atoms with E-state index >= 15 is 0 Å². The molecule has 0 bridgehead atoms. The number of sulfonamides is 1. The second-order valence-electron chi connectivity index (χ2n) is 8.21. The normalized spacial score (nSPS) is 23.2. The van der Waals surface area contributed by atoms with Gasteiger partial charge in [-0.05, 0) is 50.0 Å². The topological polar surface area (TPSA) is 83.8 Å². The molecule has 1 aromatic carbocycles. The minimum absolute atomic E-state index is 0.0981. The third-order valence-corrected chi connectivity index (χ3v) is 8.59. The number of benzene rings is 1. The Hall–Kier alpha value is -1.67. The number of rotatable bonds is 4. The Morgan fingerprint density at radius 1 is 0.926 bits per heavy atom. The first kappa shape index (κ1) is 18.7. The lowest BCUT2D eigenvalue weighted by molar-refractivity contribution is -0.385. The van der Waals surface area contributed by atoms with Crippen molar-refractivity contribution in [1.29, 1.82) is 0 Å². The van der Waals surface area contributed by atoms with Gasteiger partial charge in [-0.2, -0.15) is 4.31 Å². The fourth-order valence-electron chi connectivity index (χ4n) is 5.00. The summed E-state index contributed by atoms with van der Waals surface area (Å²) >= 11 is 0. The van der Waals surface area contributed by atoms with Crippen LogP contribution in [0.15, 0.2) is 23.1 Å². The zero-order valence-corrected chi connectivity index (χ0v) is 16.4. The Morgan fingerprint density at radius 3 is 2.15 bits per heavy atom. The molecular formula is C19H27N3O4S. The quantitative estimate of drug-likeness (QED) is 0.577. The van der Waals surface area contributed by atoms with Crippen molar-refractivity contribution in [2.24, 2.45) is 5.41 Å². The molecule has 1 saturated carbocycles. The molecule has 148 valence electrons. The highest BCUT2D eigenvalue weighted by Crippen LogP contribution is 2.47. The van der Waals surface area contributed by atoms with Crippen LogP contribution in [-0.2, 0) is 10.0 Å². The van der Waals surface area contributed by atoms with Crippen LogP contribution in [0, 0.1) is 15.5 Å². The molecule has 0 N–H and O–H groups in total. The molecule has 27 heavy (non-hydrogen) atoms. The number of anilines is 1. The SMILES string of the molecule is O=[N+]([O-])c1ccc(N2CCC3(CCCC3)CC2)c(S(=O)(=O)N2CCCC2)c1. The number of nitro benzene ring substituents is 1. The van der Waals surface area contributed by atoms with E-state index in [-0.39, 0.29) is 10.6 Å². The summed E-state index contributed by atoms with van der Waals surface area (Å²) in [6.07, 6.45) is 8.99. The Morgan fingerprint density at radius 2 is 1.56 bits per heavy atom. The highest BCUT2D eigenvalue weighted by Gasteiger charge is 2.39. The standard InChI is InChI=1S/C19H27N3O4S/c23-22(24)16-5-6-17(18(15-16)27(25,26)21-11-3-4-12-21)20-13-9-19(10-14-20)7-1-2-8-19/h5-6,15H,1-4,7-14H2. The van der Waals surface area contributed by atoms with E-state index < -0.39 is 14.9 Å². The molecule has 3 aliphatic rings. The summed E-state index contributed by atoms with van der Waals surface area (Å²) in [6.45, 7) is 2.63. The van der Waals surface area contributed by atoms with E-state index in [9.17, 15) is 18.5 Å². The van der Waals surface area contributed by atoms with Gasteiger partial charge in [0, 0.05) is 38.3 Å². The number of piperidine rings is 1. The first-order chi connectivity index (χ1) is 12.9. The second kappa shape index (κ2) is 7.05. The molecule has 0 atom stereocenters. The maximum absolute atomic E-state index is 13.2. The largest absolute Gasteiger partial charge is 0.370 e.